The Balaban J connectivity index is 2.26. The molecule has 0 aromatic heterocycles. The van der Waals surface area contributed by atoms with Crippen LogP contribution in [0.25, 0.3) is 10.8 Å². The molecular weight excluding hydrogens is 264 g/mol. The molecule has 0 aliphatic rings. The van der Waals surface area contributed by atoms with Crippen LogP contribution in [0.5, 0.6) is 5.75 Å². The standard InChI is InChI=1S/C17H22N2O2/c1-2-3-4-7-12-21-15-11-10-13-8-5-6-9-14(13)16(15)17(18)19-20/h5-6,8-11,20H,2-4,7,12H2,1H3,(H2,18,19). The fourth-order valence-electron chi connectivity index (χ4n) is 2.40. The Morgan fingerprint density at radius 2 is 1.95 bits per heavy atom. The van der Waals surface area contributed by atoms with Gasteiger partial charge in [-0.15, -0.1) is 0 Å². The van der Waals surface area contributed by atoms with Gasteiger partial charge in [0.1, 0.15) is 5.75 Å². The van der Waals surface area contributed by atoms with Gasteiger partial charge in [0, 0.05) is 0 Å². The van der Waals surface area contributed by atoms with E-state index in [-0.39, 0.29) is 5.84 Å². The lowest BCUT2D eigenvalue weighted by Crippen LogP contribution is -2.15. The van der Waals surface area contributed by atoms with Crippen molar-refractivity contribution in [3.63, 3.8) is 0 Å². The van der Waals surface area contributed by atoms with Gasteiger partial charge in [0.2, 0.25) is 0 Å². The smallest absolute Gasteiger partial charge is 0.174 e. The van der Waals surface area contributed by atoms with Gasteiger partial charge in [0.05, 0.1) is 12.2 Å². The molecule has 4 heteroatoms. The van der Waals surface area contributed by atoms with Crippen LogP contribution in [0.15, 0.2) is 41.6 Å². The van der Waals surface area contributed by atoms with Crippen molar-refractivity contribution in [2.24, 2.45) is 10.9 Å². The van der Waals surface area contributed by atoms with E-state index in [1.54, 1.807) is 0 Å². The molecule has 0 heterocycles. The summed E-state index contributed by atoms with van der Waals surface area (Å²) in [5, 5.41) is 14.1. The fraction of sp³-hybridized carbons (Fsp3) is 0.353. The minimum absolute atomic E-state index is 0.0790. The predicted molar refractivity (Wildman–Crippen MR) is 86.1 cm³/mol. The van der Waals surface area contributed by atoms with Crippen molar-refractivity contribution in [1.29, 1.82) is 0 Å². The van der Waals surface area contributed by atoms with Gasteiger partial charge < -0.3 is 15.7 Å². The molecule has 2 rings (SSSR count). The number of unbranched alkanes of at least 4 members (excludes halogenated alkanes) is 3. The van der Waals surface area contributed by atoms with Crippen molar-refractivity contribution in [3.05, 3.63) is 42.0 Å². The SMILES string of the molecule is CCCCCCOc1ccc2ccccc2c1/C(N)=N/O. The lowest BCUT2D eigenvalue weighted by atomic mass is 10.0. The van der Waals surface area contributed by atoms with E-state index in [9.17, 15) is 0 Å². The maximum absolute atomic E-state index is 9.02. The van der Waals surface area contributed by atoms with Gasteiger partial charge >= 0.3 is 0 Å². The molecule has 3 N–H and O–H groups in total. The van der Waals surface area contributed by atoms with Crippen LogP contribution in [0.3, 0.4) is 0 Å². The zero-order valence-electron chi connectivity index (χ0n) is 12.4. The first kappa shape index (κ1) is 15.2. The average molecular weight is 286 g/mol. The summed E-state index contributed by atoms with van der Waals surface area (Å²) in [5.41, 5.74) is 6.49. The molecule has 0 saturated heterocycles. The van der Waals surface area contributed by atoms with Crippen LogP contribution >= 0.6 is 0 Å². The van der Waals surface area contributed by atoms with Crippen LogP contribution in [-0.2, 0) is 0 Å². The maximum Gasteiger partial charge on any atom is 0.174 e. The van der Waals surface area contributed by atoms with Crippen molar-refractivity contribution in [3.8, 4) is 5.75 Å². The Hall–Kier alpha value is -2.23. The van der Waals surface area contributed by atoms with Gasteiger partial charge in [0.15, 0.2) is 5.84 Å². The van der Waals surface area contributed by atoms with Crippen molar-refractivity contribution >= 4 is 16.6 Å². The van der Waals surface area contributed by atoms with Crippen LogP contribution in [0.4, 0.5) is 0 Å². The second kappa shape index (κ2) is 7.53. The molecule has 2 aromatic rings. The van der Waals surface area contributed by atoms with E-state index in [4.69, 9.17) is 15.7 Å². The molecule has 21 heavy (non-hydrogen) atoms. The molecule has 0 aliphatic carbocycles. The maximum atomic E-state index is 9.02. The molecule has 0 radical (unpaired) electrons. The number of oxime groups is 1. The summed E-state index contributed by atoms with van der Waals surface area (Å²) < 4.78 is 5.84. The lowest BCUT2D eigenvalue weighted by molar-refractivity contribution is 0.303. The van der Waals surface area contributed by atoms with E-state index in [0.717, 1.165) is 23.6 Å². The molecule has 0 saturated carbocycles. The fourth-order valence-corrected chi connectivity index (χ4v) is 2.40. The molecule has 2 aromatic carbocycles. The third-order valence-electron chi connectivity index (χ3n) is 3.51. The summed E-state index contributed by atoms with van der Waals surface area (Å²) in [7, 11) is 0. The Labute approximate surface area is 125 Å². The number of ether oxygens (including phenoxy) is 1. The number of fused-ring (bicyclic) bond motifs is 1. The molecule has 0 atom stereocenters. The zero-order chi connectivity index (χ0) is 15.1. The summed E-state index contributed by atoms with van der Waals surface area (Å²) in [4.78, 5) is 0. The number of benzene rings is 2. The number of amidine groups is 1. The Morgan fingerprint density at radius 1 is 1.14 bits per heavy atom. The summed E-state index contributed by atoms with van der Waals surface area (Å²) in [6.45, 7) is 2.82. The first-order valence-corrected chi connectivity index (χ1v) is 7.40. The van der Waals surface area contributed by atoms with Gasteiger partial charge in [-0.25, -0.2) is 0 Å². The molecule has 0 fully saturated rings. The third kappa shape index (κ3) is 3.66. The van der Waals surface area contributed by atoms with Gasteiger partial charge in [-0.3, -0.25) is 0 Å². The molecule has 4 nitrogen and oxygen atoms in total. The largest absolute Gasteiger partial charge is 0.493 e. The van der Waals surface area contributed by atoms with E-state index in [2.05, 4.69) is 12.1 Å². The van der Waals surface area contributed by atoms with E-state index in [0.29, 0.717) is 17.9 Å². The van der Waals surface area contributed by atoms with Gasteiger partial charge in [0.25, 0.3) is 0 Å². The average Bonchev–Trinajstić information content (AvgIpc) is 2.53. The number of nitrogens with zero attached hydrogens (tertiary/aromatic N) is 1. The molecule has 112 valence electrons. The highest BCUT2D eigenvalue weighted by Gasteiger charge is 2.12. The quantitative estimate of drug-likeness (QED) is 0.267. The summed E-state index contributed by atoms with van der Waals surface area (Å²) in [6, 6.07) is 11.7. The Kier molecular flexibility index (Phi) is 5.43. The van der Waals surface area contributed by atoms with Crippen LogP contribution in [0.1, 0.15) is 38.2 Å². The normalized spacial score (nSPS) is 11.8. The molecular formula is C17H22N2O2. The highest BCUT2D eigenvalue weighted by molar-refractivity contribution is 6.11. The van der Waals surface area contributed by atoms with Gasteiger partial charge in [-0.2, -0.15) is 0 Å². The monoisotopic (exact) mass is 286 g/mol. The molecule has 0 bridgehead atoms. The van der Waals surface area contributed by atoms with E-state index in [1.807, 2.05) is 36.4 Å². The van der Waals surface area contributed by atoms with Crippen molar-refractivity contribution < 1.29 is 9.94 Å². The topological polar surface area (TPSA) is 67.8 Å². The highest BCUT2D eigenvalue weighted by Crippen LogP contribution is 2.28. The second-order valence-electron chi connectivity index (χ2n) is 5.05. The molecule has 0 unspecified atom stereocenters. The van der Waals surface area contributed by atoms with Crippen LogP contribution in [-0.4, -0.2) is 17.6 Å². The summed E-state index contributed by atoms with van der Waals surface area (Å²) in [5.74, 6) is 0.746. The number of hydrogen-bond acceptors (Lipinski definition) is 3. The van der Waals surface area contributed by atoms with Crippen LogP contribution in [0.2, 0.25) is 0 Å². The minimum Gasteiger partial charge on any atom is -0.493 e. The molecule has 0 spiro atoms. The Morgan fingerprint density at radius 3 is 2.71 bits per heavy atom. The first-order chi connectivity index (χ1) is 10.3. The van der Waals surface area contributed by atoms with Crippen LogP contribution < -0.4 is 10.5 Å². The second-order valence-corrected chi connectivity index (χ2v) is 5.05. The van der Waals surface area contributed by atoms with Gasteiger partial charge in [-0.05, 0) is 23.3 Å². The highest BCUT2D eigenvalue weighted by atomic mass is 16.5. The van der Waals surface area contributed by atoms with Gasteiger partial charge in [-0.1, -0.05) is 61.7 Å². The van der Waals surface area contributed by atoms with E-state index >= 15 is 0 Å². The third-order valence-corrected chi connectivity index (χ3v) is 3.51. The van der Waals surface area contributed by atoms with E-state index < -0.39 is 0 Å². The van der Waals surface area contributed by atoms with E-state index in [1.165, 1.54) is 12.8 Å². The summed E-state index contributed by atoms with van der Waals surface area (Å²) >= 11 is 0. The Bertz CT molecular complexity index is 623. The molecule has 0 amide bonds. The van der Waals surface area contributed by atoms with Crippen molar-refractivity contribution in [1.82, 2.24) is 0 Å². The number of rotatable bonds is 7. The molecule has 0 aliphatic heterocycles. The number of nitrogens with two attached hydrogens (primary N) is 1. The predicted octanol–water partition coefficient (Wildman–Crippen LogP) is 3.89. The van der Waals surface area contributed by atoms with Crippen LogP contribution in [0, 0.1) is 0 Å². The minimum atomic E-state index is 0.0790. The first-order valence-electron chi connectivity index (χ1n) is 7.40. The zero-order valence-corrected chi connectivity index (χ0v) is 12.4. The van der Waals surface area contributed by atoms with Crippen molar-refractivity contribution in [2.45, 2.75) is 32.6 Å². The number of hydrogen-bond donors (Lipinski definition) is 2. The van der Waals surface area contributed by atoms with Crippen molar-refractivity contribution in [2.75, 3.05) is 6.61 Å². The lowest BCUT2D eigenvalue weighted by Gasteiger charge is -2.13. The summed E-state index contributed by atoms with van der Waals surface area (Å²) in [6.07, 6.45) is 4.58.